The van der Waals surface area contributed by atoms with Crippen molar-refractivity contribution in [2.24, 2.45) is 0 Å². The molecule has 2 aromatic heterocycles. The normalized spacial score (nSPS) is 10.8. The zero-order valence-corrected chi connectivity index (χ0v) is 15.8. The maximum absolute atomic E-state index is 12.6. The summed E-state index contributed by atoms with van der Waals surface area (Å²) in [6.07, 6.45) is 0.843. The van der Waals surface area contributed by atoms with Gasteiger partial charge in [0.1, 0.15) is 0 Å². The third-order valence-corrected chi connectivity index (χ3v) is 5.43. The van der Waals surface area contributed by atoms with Crippen molar-refractivity contribution in [1.29, 1.82) is 0 Å². The zero-order valence-electron chi connectivity index (χ0n) is 14.3. The van der Waals surface area contributed by atoms with Gasteiger partial charge in [-0.2, -0.15) is 5.10 Å². The molecule has 3 aromatic rings. The molecular weight excluding hydrogens is 354 g/mol. The van der Waals surface area contributed by atoms with E-state index in [2.05, 4.69) is 16.5 Å². The molecule has 0 aliphatic rings. The Bertz CT molecular complexity index is 871. The third kappa shape index (κ3) is 4.11. The van der Waals surface area contributed by atoms with E-state index >= 15 is 0 Å². The number of carbonyl (C=O) groups is 1. The number of hydrogen-bond donors (Lipinski definition) is 1. The lowest BCUT2D eigenvalue weighted by Crippen LogP contribution is -2.26. The Morgan fingerprint density at radius 3 is 2.76 bits per heavy atom. The summed E-state index contributed by atoms with van der Waals surface area (Å²) in [6.45, 7) is 4.96. The number of nitrogens with one attached hydrogen (secondary N) is 1. The molecule has 0 saturated carbocycles. The smallest absolute Gasteiger partial charge is 0.255 e. The van der Waals surface area contributed by atoms with Crippen LogP contribution < -0.4 is 5.32 Å². The monoisotopic (exact) mass is 373 g/mol. The van der Waals surface area contributed by atoms with Gasteiger partial charge in [-0.05, 0) is 43.3 Å². The molecule has 0 bridgehead atoms. The van der Waals surface area contributed by atoms with Crippen molar-refractivity contribution < 1.29 is 4.79 Å². The average Bonchev–Trinajstić information content (AvgIpc) is 3.18. The van der Waals surface area contributed by atoms with Crippen molar-refractivity contribution in [3.05, 3.63) is 74.2 Å². The summed E-state index contributed by atoms with van der Waals surface area (Å²) in [5.74, 6) is -0.0723. The molecule has 1 N–H and O–H groups in total. The van der Waals surface area contributed by atoms with Gasteiger partial charge >= 0.3 is 0 Å². The standard InChI is InChI=1S/C19H20ClN3OS/c1-13-18(19(24)21-10-9-16-7-5-11-25-16)14(2)23(22-13)12-15-6-3-4-8-17(15)20/h3-8,11H,9-10,12H2,1-2H3,(H,21,24). The number of nitrogens with zero attached hydrogens (tertiary/aromatic N) is 2. The summed E-state index contributed by atoms with van der Waals surface area (Å²) in [5, 5.41) is 10.3. The molecule has 6 heteroatoms. The van der Waals surface area contributed by atoms with Gasteiger partial charge in [-0.15, -0.1) is 11.3 Å². The molecule has 130 valence electrons. The highest BCUT2D eigenvalue weighted by Crippen LogP contribution is 2.19. The number of halogens is 1. The number of aromatic nitrogens is 2. The topological polar surface area (TPSA) is 46.9 Å². The van der Waals surface area contributed by atoms with Crippen LogP contribution in [-0.2, 0) is 13.0 Å². The predicted molar refractivity (Wildman–Crippen MR) is 103 cm³/mol. The van der Waals surface area contributed by atoms with Gasteiger partial charge in [-0.1, -0.05) is 35.9 Å². The van der Waals surface area contributed by atoms with Crippen LogP contribution in [0.4, 0.5) is 0 Å². The Balaban J connectivity index is 1.70. The Morgan fingerprint density at radius 2 is 2.04 bits per heavy atom. The predicted octanol–water partition coefficient (Wildman–Crippen LogP) is 4.24. The van der Waals surface area contributed by atoms with E-state index in [-0.39, 0.29) is 5.91 Å². The maximum atomic E-state index is 12.6. The SMILES string of the molecule is Cc1nn(Cc2ccccc2Cl)c(C)c1C(=O)NCCc1cccs1. The minimum atomic E-state index is -0.0723. The zero-order chi connectivity index (χ0) is 17.8. The van der Waals surface area contributed by atoms with Crippen LogP contribution in [0.1, 0.15) is 32.2 Å². The van der Waals surface area contributed by atoms with Crippen molar-refractivity contribution in [3.63, 3.8) is 0 Å². The molecule has 0 aliphatic carbocycles. The first kappa shape index (κ1) is 17.7. The van der Waals surface area contributed by atoms with Gasteiger partial charge in [0.15, 0.2) is 0 Å². The van der Waals surface area contributed by atoms with Gasteiger partial charge in [0, 0.05) is 22.1 Å². The first-order chi connectivity index (χ1) is 12.1. The lowest BCUT2D eigenvalue weighted by Gasteiger charge is -2.08. The Kier molecular flexibility index (Phi) is 5.56. The van der Waals surface area contributed by atoms with Crippen molar-refractivity contribution in [2.75, 3.05) is 6.54 Å². The largest absolute Gasteiger partial charge is 0.352 e. The van der Waals surface area contributed by atoms with E-state index in [4.69, 9.17) is 11.6 Å². The van der Waals surface area contributed by atoms with E-state index in [1.54, 1.807) is 11.3 Å². The lowest BCUT2D eigenvalue weighted by molar-refractivity contribution is 0.0953. The molecule has 0 saturated heterocycles. The average molecular weight is 374 g/mol. The lowest BCUT2D eigenvalue weighted by atomic mass is 10.1. The van der Waals surface area contributed by atoms with E-state index in [9.17, 15) is 4.79 Å². The number of carbonyl (C=O) groups excluding carboxylic acids is 1. The van der Waals surface area contributed by atoms with E-state index in [1.807, 2.05) is 54.2 Å². The van der Waals surface area contributed by atoms with E-state index < -0.39 is 0 Å². The van der Waals surface area contributed by atoms with Crippen molar-refractivity contribution in [2.45, 2.75) is 26.8 Å². The van der Waals surface area contributed by atoms with Gasteiger partial charge in [0.25, 0.3) is 5.91 Å². The van der Waals surface area contributed by atoms with Crippen molar-refractivity contribution in [1.82, 2.24) is 15.1 Å². The molecular formula is C19H20ClN3OS. The highest BCUT2D eigenvalue weighted by atomic mass is 35.5. The molecule has 3 rings (SSSR count). The molecule has 1 amide bonds. The number of benzene rings is 1. The highest BCUT2D eigenvalue weighted by Gasteiger charge is 2.18. The molecule has 2 heterocycles. The van der Waals surface area contributed by atoms with Crippen LogP contribution in [0.25, 0.3) is 0 Å². The Hall–Kier alpha value is -2.11. The fraction of sp³-hybridized carbons (Fsp3) is 0.263. The molecule has 0 atom stereocenters. The molecule has 4 nitrogen and oxygen atoms in total. The van der Waals surface area contributed by atoms with Crippen LogP contribution in [-0.4, -0.2) is 22.2 Å². The van der Waals surface area contributed by atoms with Crippen LogP contribution in [0, 0.1) is 13.8 Å². The second kappa shape index (κ2) is 7.85. The first-order valence-electron chi connectivity index (χ1n) is 8.14. The number of hydrogen-bond acceptors (Lipinski definition) is 3. The highest BCUT2D eigenvalue weighted by molar-refractivity contribution is 7.09. The van der Waals surface area contributed by atoms with E-state index in [1.165, 1.54) is 4.88 Å². The van der Waals surface area contributed by atoms with Crippen molar-refractivity contribution >= 4 is 28.8 Å². The fourth-order valence-electron chi connectivity index (χ4n) is 2.81. The van der Waals surface area contributed by atoms with Crippen LogP contribution in [0.3, 0.4) is 0 Å². The van der Waals surface area contributed by atoms with Crippen LogP contribution in [0.15, 0.2) is 41.8 Å². The molecule has 25 heavy (non-hydrogen) atoms. The van der Waals surface area contributed by atoms with Gasteiger partial charge in [-0.25, -0.2) is 0 Å². The molecule has 0 unspecified atom stereocenters. The molecule has 0 fully saturated rings. The molecule has 0 aliphatic heterocycles. The molecule has 1 aromatic carbocycles. The second-order valence-electron chi connectivity index (χ2n) is 5.88. The molecule has 0 radical (unpaired) electrons. The van der Waals surface area contributed by atoms with Crippen LogP contribution in [0.5, 0.6) is 0 Å². The summed E-state index contributed by atoms with van der Waals surface area (Å²) in [6, 6.07) is 11.8. The summed E-state index contributed by atoms with van der Waals surface area (Å²) in [5.41, 5.74) is 3.22. The Labute approximate surface area is 156 Å². The third-order valence-electron chi connectivity index (χ3n) is 4.12. The van der Waals surface area contributed by atoms with Gasteiger partial charge in [-0.3, -0.25) is 9.48 Å². The second-order valence-corrected chi connectivity index (χ2v) is 7.32. The summed E-state index contributed by atoms with van der Waals surface area (Å²) in [4.78, 5) is 13.8. The van der Waals surface area contributed by atoms with Crippen molar-refractivity contribution in [3.8, 4) is 0 Å². The van der Waals surface area contributed by atoms with Crippen LogP contribution >= 0.6 is 22.9 Å². The minimum Gasteiger partial charge on any atom is -0.352 e. The number of thiophene rings is 1. The van der Waals surface area contributed by atoms with Gasteiger partial charge < -0.3 is 5.32 Å². The summed E-state index contributed by atoms with van der Waals surface area (Å²) in [7, 11) is 0. The number of aryl methyl sites for hydroxylation is 1. The maximum Gasteiger partial charge on any atom is 0.255 e. The Morgan fingerprint density at radius 1 is 1.24 bits per heavy atom. The fourth-order valence-corrected chi connectivity index (χ4v) is 3.71. The quantitative estimate of drug-likeness (QED) is 0.702. The first-order valence-corrected chi connectivity index (χ1v) is 9.40. The number of amides is 1. The van der Waals surface area contributed by atoms with E-state index in [0.717, 1.165) is 23.4 Å². The minimum absolute atomic E-state index is 0.0723. The van der Waals surface area contributed by atoms with E-state index in [0.29, 0.717) is 23.7 Å². The number of rotatable bonds is 6. The van der Waals surface area contributed by atoms with Gasteiger partial charge in [0.05, 0.1) is 17.8 Å². The van der Waals surface area contributed by atoms with Gasteiger partial charge in [0.2, 0.25) is 0 Å². The summed E-state index contributed by atoms with van der Waals surface area (Å²) < 4.78 is 1.84. The van der Waals surface area contributed by atoms with Crippen LogP contribution in [0.2, 0.25) is 5.02 Å². The molecule has 0 spiro atoms. The summed E-state index contributed by atoms with van der Waals surface area (Å²) >= 11 is 7.94.